The summed E-state index contributed by atoms with van der Waals surface area (Å²) in [4.78, 5) is 23.1. The van der Waals surface area contributed by atoms with E-state index in [1.54, 1.807) is 4.90 Å². The number of hydrogen-bond donors (Lipinski definition) is 2. The number of aromatic nitrogens is 2. The molecule has 0 saturated heterocycles. The number of likely N-dealkylation sites (N-methyl/N-ethyl adjacent to an activating group) is 1. The third-order valence-corrected chi connectivity index (χ3v) is 5.47. The molecule has 1 amide bonds. The largest absolute Gasteiger partial charge is 0.371 e. The van der Waals surface area contributed by atoms with Crippen LogP contribution in [0.3, 0.4) is 0 Å². The SMILES string of the molecule is Cc1ccc(NC2(C(=O)N(C)Cc3nc4ccccc4[nH]3)CCCC2)cc1. The first-order valence-corrected chi connectivity index (χ1v) is 9.60. The molecule has 1 heterocycles. The van der Waals surface area contributed by atoms with E-state index in [2.05, 4.69) is 46.5 Å². The van der Waals surface area contributed by atoms with Crippen molar-refractivity contribution >= 4 is 22.6 Å². The van der Waals surface area contributed by atoms with Crippen molar-refractivity contribution in [3.05, 3.63) is 59.9 Å². The fourth-order valence-electron chi connectivity index (χ4n) is 4.03. The molecular formula is C22H26N4O. The molecule has 0 radical (unpaired) electrons. The Hall–Kier alpha value is -2.82. The number of aromatic amines is 1. The summed E-state index contributed by atoms with van der Waals surface area (Å²) in [7, 11) is 1.87. The maximum absolute atomic E-state index is 13.4. The van der Waals surface area contributed by atoms with Crippen LogP contribution in [0.4, 0.5) is 5.69 Å². The lowest BCUT2D eigenvalue weighted by molar-refractivity contribution is -0.135. The number of anilines is 1. The van der Waals surface area contributed by atoms with Gasteiger partial charge in [0.25, 0.3) is 0 Å². The molecule has 1 saturated carbocycles. The van der Waals surface area contributed by atoms with Gasteiger partial charge in [0.15, 0.2) is 0 Å². The minimum atomic E-state index is -0.518. The molecule has 1 aromatic heterocycles. The highest BCUT2D eigenvalue weighted by atomic mass is 16.2. The van der Waals surface area contributed by atoms with Gasteiger partial charge in [-0.15, -0.1) is 0 Å². The first kappa shape index (κ1) is 17.6. The molecule has 0 spiro atoms. The molecule has 0 aliphatic heterocycles. The Balaban J connectivity index is 1.53. The number of benzene rings is 2. The Morgan fingerprint density at radius 3 is 2.56 bits per heavy atom. The molecule has 1 aliphatic carbocycles. The first-order valence-electron chi connectivity index (χ1n) is 9.60. The van der Waals surface area contributed by atoms with Gasteiger partial charge in [0, 0.05) is 12.7 Å². The van der Waals surface area contributed by atoms with E-state index < -0.39 is 5.54 Å². The van der Waals surface area contributed by atoms with Gasteiger partial charge in [0.1, 0.15) is 11.4 Å². The normalized spacial score (nSPS) is 15.8. The molecule has 0 bridgehead atoms. The van der Waals surface area contributed by atoms with E-state index in [0.29, 0.717) is 6.54 Å². The second kappa shape index (κ2) is 7.06. The van der Waals surface area contributed by atoms with Crippen LogP contribution in [0, 0.1) is 6.92 Å². The van der Waals surface area contributed by atoms with Crippen molar-refractivity contribution in [3.8, 4) is 0 Å². The van der Waals surface area contributed by atoms with E-state index in [1.807, 2.05) is 31.3 Å². The number of aryl methyl sites for hydroxylation is 1. The number of H-pyrrole nitrogens is 1. The highest BCUT2D eigenvalue weighted by molar-refractivity contribution is 5.89. The molecule has 27 heavy (non-hydrogen) atoms. The number of hydrogen-bond acceptors (Lipinski definition) is 3. The van der Waals surface area contributed by atoms with Crippen molar-refractivity contribution in [2.75, 3.05) is 12.4 Å². The molecule has 5 nitrogen and oxygen atoms in total. The summed E-state index contributed by atoms with van der Waals surface area (Å²) in [6.45, 7) is 2.55. The van der Waals surface area contributed by atoms with Gasteiger partial charge in [-0.25, -0.2) is 4.98 Å². The summed E-state index contributed by atoms with van der Waals surface area (Å²) >= 11 is 0. The molecule has 2 aromatic carbocycles. The number of amides is 1. The van der Waals surface area contributed by atoms with Gasteiger partial charge in [-0.05, 0) is 44.0 Å². The van der Waals surface area contributed by atoms with Gasteiger partial charge in [0.2, 0.25) is 5.91 Å². The zero-order chi connectivity index (χ0) is 18.9. The number of para-hydroxylation sites is 2. The van der Waals surface area contributed by atoms with Crippen LogP contribution in [-0.4, -0.2) is 33.4 Å². The number of nitrogens with one attached hydrogen (secondary N) is 2. The Morgan fingerprint density at radius 2 is 1.85 bits per heavy atom. The maximum atomic E-state index is 13.4. The summed E-state index contributed by atoms with van der Waals surface area (Å²) in [6.07, 6.45) is 3.88. The van der Waals surface area contributed by atoms with Crippen LogP contribution in [-0.2, 0) is 11.3 Å². The lowest BCUT2D eigenvalue weighted by Gasteiger charge is -2.34. The van der Waals surface area contributed by atoms with E-state index >= 15 is 0 Å². The summed E-state index contributed by atoms with van der Waals surface area (Å²) in [5.41, 5.74) is 3.64. The van der Waals surface area contributed by atoms with Crippen LogP contribution in [0.1, 0.15) is 37.1 Å². The third-order valence-electron chi connectivity index (χ3n) is 5.47. The Morgan fingerprint density at radius 1 is 1.15 bits per heavy atom. The standard InChI is InChI=1S/C22H26N4O/c1-16-9-11-17(12-10-16)25-22(13-5-6-14-22)21(27)26(2)15-20-23-18-7-3-4-8-19(18)24-20/h3-4,7-12,25H,5-6,13-15H2,1-2H3,(H,23,24). The smallest absolute Gasteiger partial charge is 0.248 e. The molecular weight excluding hydrogens is 336 g/mol. The number of imidazole rings is 1. The van der Waals surface area contributed by atoms with Gasteiger partial charge < -0.3 is 15.2 Å². The average Bonchev–Trinajstić information content (AvgIpc) is 3.30. The van der Waals surface area contributed by atoms with Crippen LogP contribution in [0.2, 0.25) is 0 Å². The van der Waals surface area contributed by atoms with Crippen LogP contribution >= 0.6 is 0 Å². The number of carbonyl (C=O) groups is 1. The minimum absolute atomic E-state index is 0.140. The van der Waals surface area contributed by atoms with E-state index in [9.17, 15) is 4.79 Å². The predicted octanol–water partition coefficient (Wildman–Crippen LogP) is 4.25. The molecule has 0 unspecified atom stereocenters. The zero-order valence-electron chi connectivity index (χ0n) is 16.0. The highest BCUT2D eigenvalue weighted by Gasteiger charge is 2.42. The van der Waals surface area contributed by atoms with Crippen molar-refractivity contribution in [2.24, 2.45) is 0 Å². The molecule has 4 rings (SSSR count). The second-order valence-corrected chi connectivity index (χ2v) is 7.64. The van der Waals surface area contributed by atoms with E-state index in [1.165, 1.54) is 5.56 Å². The van der Waals surface area contributed by atoms with Gasteiger partial charge >= 0.3 is 0 Å². The summed E-state index contributed by atoms with van der Waals surface area (Å²) in [6, 6.07) is 16.2. The number of rotatable bonds is 5. The molecule has 140 valence electrons. The van der Waals surface area contributed by atoms with E-state index in [-0.39, 0.29) is 5.91 Å². The number of fused-ring (bicyclic) bond motifs is 1. The summed E-state index contributed by atoms with van der Waals surface area (Å²) in [5.74, 6) is 0.955. The van der Waals surface area contributed by atoms with Crippen molar-refractivity contribution < 1.29 is 4.79 Å². The van der Waals surface area contributed by atoms with Gasteiger partial charge in [-0.1, -0.05) is 42.7 Å². The average molecular weight is 362 g/mol. The third kappa shape index (κ3) is 3.54. The Bertz CT molecular complexity index is 905. The molecule has 2 N–H and O–H groups in total. The quantitative estimate of drug-likeness (QED) is 0.713. The molecule has 1 aliphatic rings. The molecule has 1 fully saturated rings. The van der Waals surface area contributed by atoms with Gasteiger partial charge in [-0.2, -0.15) is 0 Å². The fourth-order valence-corrected chi connectivity index (χ4v) is 4.03. The lowest BCUT2D eigenvalue weighted by atomic mass is 9.94. The fraction of sp³-hybridized carbons (Fsp3) is 0.364. The minimum Gasteiger partial charge on any atom is -0.371 e. The Kier molecular flexibility index (Phi) is 4.60. The van der Waals surface area contributed by atoms with Crippen LogP contribution in [0.25, 0.3) is 11.0 Å². The van der Waals surface area contributed by atoms with Crippen molar-refractivity contribution in [3.63, 3.8) is 0 Å². The number of carbonyl (C=O) groups excluding carboxylic acids is 1. The topological polar surface area (TPSA) is 61.0 Å². The van der Waals surface area contributed by atoms with Crippen LogP contribution in [0.15, 0.2) is 48.5 Å². The molecule has 3 aromatic rings. The maximum Gasteiger partial charge on any atom is 0.248 e. The summed E-state index contributed by atoms with van der Waals surface area (Å²) in [5, 5.41) is 3.55. The van der Waals surface area contributed by atoms with E-state index in [4.69, 9.17) is 0 Å². The van der Waals surface area contributed by atoms with Crippen LogP contribution in [0.5, 0.6) is 0 Å². The monoisotopic (exact) mass is 362 g/mol. The van der Waals surface area contributed by atoms with Gasteiger partial charge in [0.05, 0.1) is 17.6 Å². The van der Waals surface area contributed by atoms with Gasteiger partial charge in [-0.3, -0.25) is 4.79 Å². The molecule has 0 atom stereocenters. The predicted molar refractivity (Wildman–Crippen MR) is 109 cm³/mol. The van der Waals surface area contributed by atoms with E-state index in [0.717, 1.165) is 48.2 Å². The highest BCUT2D eigenvalue weighted by Crippen LogP contribution is 2.35. The van der Waals surface area contributed by atoms with Crippen molar-refractivity contribution in [2.45, 2.75) is 44.7 Å². The van der Waals surface area contributed by atoms with Crippen molar-refractivity contribution in [1.82, 2.24) is 14.9 Å². The summed E-state index contributed by atoms with van der Waals surface area (Å²) < 4.78 is 0. The number of nitrogens with zero attached hydrogens (tertiary/aromatic N) is 2. The van der Waals surface area contributed by atoms with Crippen molar-refractivity contribution in [1.29, 1.82) is 0 Å². The first-order chi connectivity index (χ1) is 13.1. The molecule has 5 heteroatoms. The zero-order valence-corrected chi connectivity index (χ0v) is 16.0. The Labute approximate surface area is 159 Å². The lowest BCUT2D eigenvalue weighted by Crippen LogP contribution is -2.51. The van der Waals surface area contributed by atoms with Crippen LogP contribution < -0.4 is 5.32 Å². The second-order valence-electron chi connectivity index (χ2n) is 7.64.